The third-order valence-electron chi connectivity index (χ3n) is 2.59. The number of para-hydroxylation sites is 1. The molecule has 0 fully saturated rings. The lowest BCUT2D eigenvalue weighted by Gasteiger charge is -2.11. The van der Waals surface area contributed by atoms with Crippen molar-refractivity contribution in [2.24, 2.45) is 0 Å². The SMILES string of the molecule is CC(C)Oc1cccc(C(=O)Nc2ccccc2I)c1. The number of carbonyl (C=O) groups is 1. The highest BCUT2D eigenvalue weighted by Crippen LogP contribution is 2.20. The Morgan fingerprint density at radius 1 is 1.15 bits per heavy atom. The number of nitrogens with one attached hydrogen (secondary N) is 1. The van der Waals surface area contributed by atoms with Gasteiger partial charge in [-0.25, -0.2) is 0 Å². The molecule has 20 heavy (non-hydrogen) atoms. The fourth-order valence-corrected chi connectivity index (χ4v) is 2.26. The van der Waals surface area contributed by atoms with Gasteiger partial charge in [0.15, 0.2) is 0 Å². The minimum Gasteiger partial charge on any atom is -0.491 e. The molecular formula is C16H16INO2. The first-order valence-corrected chi connectivity index (χ1v) is 7.47. The Hall–Kier alpha value is -1.56. The van der Waals surface area contributed by atoms with E-state index in [9.17, 15) is 4.79 Å². The third kappa shape index (κ3) is 3.96. The van der Waals surface area contributed by atoms with E-state index in [0.29, 0.717) is 11.3 Å². The van der Waals surface area contributed by atoms with Gasteiger partial charge in [-0.1, -0.05) is 18.2 Å². The predicted octanol–water partition coefficient (Wildman–Crippen LogP) is 4.33. The van der Waals surface area contributed by atoms with Crippen LogP contribution in [0.3, 0.4) is 0 Å². The Kier molecular flexibility index (Phi) is 5.00. The van der Waals surface area contributed by atoms with Crippen LogP contribution >= 0.6 is 22.6 Å². The zero-order valence-corrected chi connectivity index (χ0v) is 13.5. The molecule has 0 unspecified atom stereocenters. The lowest BCUT2D eigenvalue weighted by Crippen LogP contribution is -2.13. The van der Waals surface area contributed by atoms with Gasteiger partial charge >= 0.3 is 0 Å². The molecule has 0 spiro atoms. The molecule has 2 aromatic rings. The van der Waals surface area contributed by atoms with Crippen LogP contribution in [-0.2, 0) is 0 Å². The summed E-state index contributed by atoms with van der Waals surface area (Å²) in [6.07, 6.45) is 0.0865. The van der Waals surface area contributed by atoms with E-state index in [1.165, 1.54) is 0 Å². The molecule has 0 aromatic heterocycles. The highest BCUT2D eigenvalue weighted by Gasteiger charge is 2.09. The number of hydrogen-bond donors (Lipinski definition) is 1. The largest absolute Gasteiger partial charge is 0.491 e. The van der Waals surface area contributed by atoms with Gasteiger partial charge in [-0.15, -0.1) is 0 Å². The lowest BCUT2D eigenvalue weighted by molar-refractivity contribution is 0.102. The van der Waals surface area contributed by atoms with Gasteiger partial charge in [-0.2, -0.15) is 0 Å². The first-order valence-electron chi connectivity index (χ1n) is 6.39. The first-order chi connectivity index (χ1) is 9.56. The number of amides is 1. The molecule has 0 bridgehead atoms. The maximum Gasteiger partial charge on any atom is 0.255 e. The summed E-state index contributed by atoms with van der Waals surface area (Å²) in [5.41, 5.74) is 1.40. The average molecular weight is 381 g/mol. The van der Waals surface area contributed by atoms with Gasteiger partial charge < -0.3 is 10.1 Å². The van der Waals surface area contributed by atoms with E-state index >= 15 is 0 Å². The van der Waals surface area contributed by atoms with Crippen LogP contribution in [0.1, 0.15) is 24.2 Å². The number of hydrogen-bond acceptors (Lipinski definition) is 2. The number of halogens is 1. The van der Waals surface area contributed by atoms with Gasteiger partial charge in [0, 0.05) is 9.13 Å². The minimum atomic E-state index is -0.136. The molecule has 3 nitrogen and oxygen atoms in total. The second-order valence-corrected chi connectivity index (χ2v) is 5.79. The number of anilines is 1. The zero-order valence-electron chi connectivity index (χ0n) is 11.4. The highest BCUT2D eigenvalue weighted by atomic mass is 127. The van der Waals surface area contributed by atoms with Crippen molar-refractivity contribution in [1.82, 2.24) is 0 Å². The summed E-state index contributed by atoms with van der Waals surface area (Å²) in [6.45, 7) is 3.91. The van der Waals surface area contributed by atoms with Crippen LogP contribution in [-0.4, -0.2) is 12.0 Å². The Bertz CT molecular complexity index is 611. The lowest BCUT2D eigenvalue weighted by atomic mass is 10.2. The summed E-state index contributed by atoms with van der Waals surface area (Å²) >= 11 is 2.20. The summed E-state index contributed by atoms with van der Waals surface area (Å²) in [4.78, 5) is 12.2. The molecule has 1 amide bonds. The van der Waals surface area contributed by atoms with Gasteiger partial charge in [0.1, 0.15) is 5.75 Å². The van der Waals surface area contributed by atoms with Gasteiger partial charge in [0.2, 0.25) is 0 Å². The summed E-state index contributed by atoms with van der Waals surface area (Å²) in [7, 11) is 0. The van der Waals surface area contributed by atoms with E-state index in [2.05, 4.69) is 27.9 Å². The monoisotopic (exact) mass is 381 g/mol. The Morgan fingerprint density at radius 3 is 2.60 bits per heavy atom. The van der Waals surface area contributed by atoms with Crippen LogP contribution in [0.2, 0.25) is 0 Å². The smallest absolute Gasteiger partial charge is 0.255 e. The topological polar surface area (TPSA) is 38.3 Å². The summed E-state index contributed by atoms with van der Waals surface area (Å²) in [6, 6.07) is 14.9. The summed E-state index contributed by atoms with van der Waals surface area (Å²) in [5.74, 6) is 0.568. The normalized spacial score (nSPS) is 10.4. The fourth-order valence-electron chi connectivity index (χ4n) is 1.74. The predicted molar refractivity (Wildman–Crippen MR) is 89.3 cm³/mol. The third-order valence-corrected chi connectivity index (χ3v) is 3.53. The van der Waals surface area contributed by atoms with E-state index in [1.807, 2.05) is 50.2 Å². The molecule has 2 aromatic carbocycles. The number of carbonyl (C=O) groups excluding carboxylic acids is 1. The van der Waals surface area contributed by atoms with E-state index in [1.54, 1.807) is 12.1 Å². The van der Waals surface area contributed by atoms with Crippen molar-refractivity contribution in [3.05, 3.63) is 57.7 Å². The Balaban J connectivity index is 2.15. The van der Waals surface area contributed by atoms with Gasteiger partial charge in [0.05, 0.1) is 11.8 Å². The standard InChI is InChI=1S/C16H16INO2/c1-11(2)20-13-7-5-6-12(10-13)16(19)18-15-9-4-3-8-14(15)17/h3-11H,1-2H3,(H,18,19). The minimum absolute atomic E-state index is 0.0865. The van der Waals surface area contributed by atoms with Crippen LogP contribution in [0.4, 0.5) is 5.69 Å². The molecule has 2 rings (SSSR count). The van der Waals surface area contributed by atoms with Crippen molar-refractivity contribution < 1.29 is 9.53 Å². The number of ether oxygens (including phenoxy) is 1. The molecular weight excluding hydrogens is 365 g/mol. The van der Waals surface area contributed by atoms with E-state index in [4.69, 9.17) is 4.74 Å². The number of benzene rings is 2. The van der Waals surface area contributed by atoms with Crippen molar-refractivity contribution in [2.45, 2.75) is 20.0 Å². The summed E-state index contributed by atoms with van der Waals surface area (Å²) < 4.78 is 6.60. The van der Waals surface area contributed by atoms with Gasteiger partial charge in [-0.05, 0) is 66.8 Å². The van der Waals surface area contributed by atoms with E-state index in [-0.39, 0.29) is 12.0 Å². The zero-order chi connectivity index (χ0) is 14.5. The van der Waals surface area contributed by atoms with E-state index < -0.39 is 0 Å². The van der Waals surface area contributed by atoms with Crippen LogP contribution in [0.15, 0.2) is 48.5 Å². The second-order valence-electron chi connectivity index (χ2n) is 4.63. The maximum absolute atomic E-state index is 12.2. The Labute approximate surface area is 132 Å². The average Bonchev–Trinajstić information content (AvgIpc) is 2.41. The molecule has 0 saturated carbocycles. The van der Waals surface area contributed by atoms with Crippen LogP contribution in [0.25, 0.3) is 0 Å². The van der Waals surface area contributed by atoms with Crippen molar-refractivity contribution >= 4 is 34.2 Å². The van der Waals surface area contributed by atoms with Crippen molar-refractivity contribution in [3.63, 3.8) is 0 Å². The van der Waals surface area contributed by atoms with Gasteiger partial charge in [-0.3, -0.25) is 4.79 Å². The van der Waals surface area contributed by atoms with Crippen LogP contribution in [0, 0.1) is 3.57 Å². The second kappa shape index (κ2) is 6.74. The molecule has 0 aliphatic heterocycles. The molecule has 0 saturated heterocycles. The molecule has 0 radical (unpaired) electrons. The quantitative estimate of drug-likeness (QED) is 0.801. The molecule has 0 aliphatic carbocycles. The van der Waals surface area contributed by atoms with E-state index in [0.717, 1.165) is 9.26 Å². The molecule has 0 atom stereocenters. The number of rotatable bonds is 4. The molecule has 4 heteroatoms. The highest BCUT2D eigenvalue weighted by molar-refractivity contribution is 14.1. The maximum atomic E-state index is 12.2. The summed E-state index contributed by atoms with van der Waals surface area (Å²) in [5, 5.41) is 2.91. The van der Waals surface area contributed by atoms with Crippen molar-refractivity contribution in [1.29, 1.82) is 0 Å². The fraction of sp³-hybridized carbons (Fsp3) is 0.188. The van der Waals surface area contributed by atoms with Crippen molar-refractivity contribution in [2.75, 3.05) is 5.32 Å². The van der Waals surface area contributed by atoms with Crippen LogP contribution < -0.4 is 10.1 Å². The molecule has 1 N–H and O–H groups in total. The molecule has 0 aliphatic rings. The molecule has 0 heterocycles. The van der Waals surface area contributed by atoms with Gasteiger partial charge in [0.25, 0.3) is 5.91 Å². The van der Waals surface area contributed by atoms with Crippen molar-refractivity contribution in [3.8, 4) is 5.75 Å². The van der Waals surface area contributed by atoms with Crippen LogP contribution in [0.5, 0.6) is 5.75 Å². The molecule has 104 valence electrons. The Morgan fingerprint density at radius 2 is 1.90 bits per heavy atom. The first kappa shape index (κ1) is 14.8.